The van der Waals surface area contributed by atoms with Gasteiger partial charge in [-0.1, -0.05) is 17.7 Å². The van der Waals surface area contributed by atoms with Crippen molar-refractivity contribution in [3.63, 3.8) is 0 Å². The molecule has 0 saturated carbocycles. The number of benzene rings is 2. The first-order valence-corrected chi connectivity index (χ1v) is 9.52. The van der Waals surface area contributed by atoms with E-state index in [1.54, 1.807) is 32.6 Å². The van der Waals surface area contributed by atoms with Crippen LogP contribution in [0, 0.1) is 0 Å². The third-order valence-electron chi connectivity index (χ3n) is 3.93. The van der Waals surface area contributed by atoms with Gasteiger partial charge in [0.25, 0.3) is 0 Å². The van der Waals surface area contributed by atoms with E-state index in [4.69, 9.17) is 30.5 Å². The summed E-state index contributed by atoms with van der Waals surface area (Å²) in [6.07, 6.45) is 1.61. The fourth-order valence-electron chi connectivity index (χ4n) is 2.50. The molecule has 0 aliphatic carbocycles. The Morgan fingerprint density at radius 1 is 1.07 bits per heavy atom. The molecule has 0 radical (unpaired) electrons. The highest BCUT2D eigenvalue weighted by Gasteiger charge is 2.14. The molecule has 162 valence electrons. The monoisotopic (exact) mass is 436 g/mol. The fraction of sp³-hybridized carbons (Fsp3) is 0.333. The summed E-state index contributed by atoms with van der Waals surface area (Å²) in [6.45, 7) is 2.46. The normalized spacial score (nSPS) is 10.6. The van der Waals surface area contributed by atoms with E-state index in [9.17, 15) is 4.79 Å². The van der Waals surface area contributed by atoms with Crippen molar-refractivity contribution < 1.29 is 28.5 Å². The minimum Gasteiger partial charge on any atom is -0.493 e. The van der Waals surface area contributed by atoms with E-state index in [-0.39, 0.29) is 12.4 Å². The maximum atomic E-state index is 11.3. The van der Waals surface area contributed by atoms with Crippen molar-refractivity contribution in [2.24, 2.45) is 5.10 Å². The highest BCUT2D eigenvalue weighted by Crippen LogP contribution is 2.36. The van der Waals surface area contributed by atoms with Gasteiger partial charge in [0.15, 0.2) is 29.6 Å². The number of rotatable bonds is 11. The molecule has 0 unspecified atom stereocenters. The first-order valence-electron chi connectivity index (χ1n) is 9.15. The molecule has 30 heavy (non-hydrogen) atoms. The zero-order valence-electron chi connectivity index (χ0n) is 17.4. The van der Waals surface area contributed by atoms with Crippen LogP contribution in [-0.4, -0.2) is 46.7 Å². The zero-order valence-corrected chi connectivity index (χ0v) is 18.1. The molecule has 0 aliphatic rings. The lowest BCUT2D eigenvalue weighted by Gasteiger charge is -2.13. The van der Waals surface area contributed by atoms with Gasteiger partial charge >= 0.3 is 5.97 Å². The third-order valence-corrected chi connectivity index (χ3v) is 4.21. The van der Waals surface area contributed by atoms with E-state index in [0.717, 1.165) is 5.56 Å². The molecule has 2 rings (SSSR count). The Labute approximate surface area is 180 Å². The molecule has 9 heteroatoms. The number of hydrogen-bond acceptors (Lipinski definition) is 8. The molecule has 0 atom stereocenters. The lowest BCUT2D eigenvalue weighted by atomic mass is 10.2. The van der Waals surface area contributed by atoms with E-state index in [1.165, 1.54) is 7.11 Å². The second-order valence-electron chi connectivity index (χ2n) is 5.91. The number of hydrogen-bond donors (Lipinski definition) is 1. The third kappa shape index (κ3) is 6.45. The molecular formula is C21H25ClN2O6. The molecule has 1 N–H and O–H groups in total. The van der Waals surface area contributed by atoms with Gasteiger partial charge in [-0.25, -0.2) is 4.79 Å². The second-order valence-corrected chi connectivity index (χ2v) is 6.32. The minimum atomic E-state index is -0.515. The summed E-state index contributed by atoms with van der Waals surface area (Å²) < 4.78 is 26.1. The fourth-order valence-corrected chi connectivity index (χ4v) is 2.78. The highest BCUT2D eigenvalue weighted by molar-refractivity contribution is 6.32. The van der Waals surface area contributed by atoms with Crippen LogP contribution in [0.3, 0.4) is 0 Å². The van der Waals surface area contributed by atoms with Gasteiger partial charge in [0.1, 0.15) is 0 Å². The summed E-state index contributed by atoms with van der Waals surface area (Å²) in [4.78, 5) is 11.3. The number of halogens is 1. The molecule has 0 amide bonds. The molecule has 0 fully saturated rings. The lowest BCUT2D eigenvalue weighted by molar-refractivity contribution is -0.142. The van der Waals surface area contributed by atoms with Gasteiger partial charge < -0.3 is 29.1 Å². The van der Waals surface area contributed by atoms with Gasteiger partial charge in [0, 0.05) is 0 Å². The SMILES string of the molecule is CCOc1cc(/C=N/NCc2ccc(OC)c(OC)c2)cc(Cl)c1OCC(=O)OC. The van der Waals surface area contributed by atoms with Crippen LogP contribution in [0.1, 0.15) is 18.1 Å². The zero-order chi connectivity index (χ0) is 21.9. The van der Waals surface area contributed by atoms with Crippen molar-refractivity contribution >= 4 is 23.8 Å². The topological polar surface area (TPSA) is 87.6 Å². The molecule has 0 heterocycles. The Bertz CT molecular complexity index is 888. The summed E-state index contributed by atoms with van der Waals surface area (Å²) in [6, 6.07) is 9.02. The van der Waals surface area contributed by atoms with Gasteiger partial charge in [-0.05, 0) is 42.3 Å². The molecule has 0 aromatic heterocycles. The maximum Gasteiger partial charge on any atom is 0.343 e. The molecule has 2 aromatic rings. The number of ether oxygens (including phenoxy) is 5. The second kappa shape index (κ2) is 11.8. The van der Waals surface area contributed by atoms with Crippen molar-refractivity contribution in [3.8, 4) is 23.0 Å². The van der Waals surface area contributed by atoms with Crippen LogP contribution in [0.25, 0.3) is 0 Å². The Hall–Kier alpha value is -3.13. The van der Waals surface area contributed by atoms with E-state index in [0.29, 0.717) is 41.0 Å². The first kappa shape index (κ1) is 23.2. The molecular weight excluding hydrogens is 412 g/mol. The predicted molar refractivity (Wildman–Crippen MR) is 114 cm³/mol. The summed E-state index contributed by atoms with van der Waals surface area (Å²) in [5, 5.41) is 4.52. The smallest absolute Gasteiger partial charge is 0.343 e. The Kier molecular flexibility index (Phi) is 9.08. The van der Waals surface area contributed by atoms with Crippen molar-refractivity contribution in [2.75, 3.05) is 34.5 Å². The van der Waals surface area contributed by atoms with Crippen LogP contribution < -0.4 is 24.4 Å². The van der Waals surface area contributed by atoms with Crippen LogP contribution in [0.2, 0.25) is 5.02 Å². The van der Waals surface area contributed by atoms with Crippen molar-refractivity contribution in [1.82, 2.24) is 5.43 Å². The number of carbonyl (C=O) groups excluding carboxylic acids is 1. The predicted octanol–water partition coefficient (Wildman–Crippen LogP) is 3.43. The van der Waals surface area contributed by atoms with Crippen LogP contribution in [0.4, 0.5) is 0 Å². The largest absolute Gasteiger partial charge is 0.493 e. The minimum absolute atomic E-state index is 0.267. The summed E-state index contributed by atoms with van der Waals surface area (Å²) >= 11 is 6.30. The number of hydrazone groups is 1. The number of esters is 1. The van der Waals surface area contributed by atoms with Crippen molar-refractivity contribution in [1.29, 1.82) is 0 Å². The van der Waals surface area contributed by atoms with Crippen molar-refractivity contribution in [3.05, 3.63) is 46.5 Å². The van der Waals surface area contributed by atoms with Gasteiger partial charge in [0.2, 0.25) is 0 Å². The highest BCUT2D eigenvalue weighted by atomic mass is 35.5. The Morgan fingerprint density at radius 3 is 2.50 bits per heavy atom. The quantitative estimate of drug-likeness (QED) is 0.328. The molecule has 2 aromatic carbocycles. The van der Waals surface area contributed by atoms with E-state index in [1.807, 2.05) is 25.1 Å². The van der Waals surface area contributed by atoms with Crippen LogP contribution in [0.5, 0.6) is 23.0 Å². The van der Waals surface area contributed by atoms with Gasteiger partial charge in [0.05, 0.1) is 45.7 Å². The number of methoxy groups -OCH3 is 3. The summed E-state index contributed by atoms with van der Waals surface area (Å²) in [7, 11) is 4.46. The van der Waals surface area contributed by atoms with Gasteiger partial charge in [-0.3, -0.25) is 0 Å². The molecule has 0 spiro atoms. The number of nitrogens with one attached hydrogen (secondary N) is 1. The van der Waals surface area contributed by atoms with E-state index >= 15 is 0 Å². The van der Waals surface area contributed by atoms with E-state index < -0.39 is 5.97 Å². The average molecular weight is 437 g/mol. The summed E-state index contributed by atoms with van der Waals surface area (Å²) in [5.74, 6) is 1.49. The van der Waals surface area contributed by atoms with Gasteiger partial charge in [-0.15, -0.1) is 0 Å². The van der Waals surface area contributed by atoms with Crippen LogP contribution in [0.15, 0.2) is 35.4 Å². The van der Waals surface area contributed by atoms with Gasteiger partial charge in [-0.2, -0.15) is 5.10 Å². The van der Waals surface area contributed by atoms with Crippen molar-refractivity contribution in [2.45, 2.75) is 13.5 Å². The number of carbonyl (C=O) groups is 1. The van der Waals surface area contributed by atoms with E-state index in [2.05, 4.69) is 15.3 Å². The molecule has 0 aliphatic heterocycles. The Balaban J connectivity index is 2.06. The van der Waals surface area contributed by atoms with Crippen LogP contribution in [-0.2, 0) is 16.1 Å². The standard InChI is InChI=1S/C21H25ClN2O6/c1-5-29-19-10-15(8-16(22)21(19)30-13-20(25)28-4)12-24-23-11-14-6-7-17(26-2)18(9-14)27-3/h6-10,12,23H,5,11,13H2,1-4H3/b24-12+. The maximum absolute atomic E-state index is 11.3. The first-order chi connectivity index (χ1) is 14.5. The lowest BCUT2D eigenvalue weighted by Crippen LogP contribution is -2.13. The average Bonchev–Trinajstić information content (AvgIpc) is 2.75. The Morgan fingerprint density at radius 2 is 1.83 bits per heavy atom. The van der Waals surface area contributed by atoms with Crippen LogP contribution >= 0.6 is 11.6 Å². The number of nitrogens with zero attached hydrogens (tertiary/aromatic N) is 1. The molecule has 8 nitrogen and oxygen atoms in total. The molecule has 0 bridgehead atoms. The summed E-state index contributed by atoms with van der Waals surface area (Å²) in [5.41, 5.74) is 4.65. The molecule has 0 saturated heterocycles.